The summed E-state index contributed by atoms with van der Waals surface area (Å²) in [7, 11) is 0. The second-order valence-corrected chi connectivity index (χ2v) is 5.02. The van der Waals surface area contributed by atoms with Crippen molar-refractivity contribution in [3.8, 4) is 5.75 Å². The van der Waals surface area contributed by atoms with Gasteiger partial charge in [0.2, 0.25) is 0 Å². The summed E-state index contributed by atoms with van der Waals surface area (Å²) in [4.78, 5) is 4.07. The highest BCUT2D eigenvalue weighted by Gasteiger charge is 2.06. The summed E-state index contributed by atoms with van der Waals surface area (Å²) in [5, 5.41) is 0. The second-order valence-electron chi connectivity index (χ2n) is 4.10. The van der Waals surface area contributed by atoms with Crippen molar-refractivity contribution in [3.05, 3.63) is 52.3 Å². The molecular formula is C14H15BrN2O. The normalized spacial score (nSPS) is 10.3. The molecule has 0 aliphatic carbocycles. The van der Waals surface area contributed by atoms with Crippen LogP contribution in [0.5, 0.6) is 5.75 Å². The molecule has 0 unspecified atom stereocenters. The van der Waals surface area contributed by atoms with Gasteiger partial charge in [-0.25, -0.2) is 0 Å². The van der Waals surface area contributed by atoms with Crippen LogP contribution in [-0.4, -0.2) is 11.6 Å². The fourth-order valence-electron chi connectivity index (χ4n) is 1.77. The summed E-state index contributed by atoms with van der Waals surface area (Å²) < 4.78 is 6.72. The zero-order valence-electron chi connectivity index (χ0n) is 10.2. The number of anilines is 1. The van der Waals surface area contributed by atoms with Gasteiger partial charge in [0, 0.05) is 23.3 Å². The lowest BCUT2D eigenvalue weighted by atomic mass is 10.2. The van der Waals surface area contributed by atoms with Crippen molar-refractivity contribution in [2.75, 3.05) is 12.3 Å². The van der Waals surface area contributed by atoms with E-state index in [1.54, 1.807) is 6.20 Å². The van der Waals surface area contributed by atoms with Crippen LogP contribution in [-0.2, 0) is 6.42 Å². The zero-order chi connectivity index (χ0) is 13.0. The van der Waals surface area contributed by atoms with Crippen LogP contribution in [0, 0.1) is 6.92 Å². The van der Waals surface area contributed by atoms with Crippen LogP contribution in [0.25, 0.3) is 0 Å². The molecule has 4 heteroatoms. The molecule has 2 aromatic rings. The maximum atomic E-state index is 5.93. The molecule has 0 saturated heterocycles. The number of ether oxygens (including phenoxy) is 1. The van der Waals surface area contributed by atoms with E-state index in [1.807, 2.05) is 37.4 Å². The lowest BCUT2D eigenvalue weighted by molar-refractivity contribution is 0.321. The van der Waals surface area contributed by atoms with Crippen molar-refractivity contribution in [2.24, 2.45) is 0 Å². The molecule has 2 N–H and O–H groups in total. The molecule has 18 heavy (non-hydrogen) atoms. The van der Waals surface area contributed by atoms with Gasteiger partial charge >= 0.3 is 0 Å². The van der Waals surface area contributed by atoms with E-state index in [0.717, 1.165) is 27.8 Å². The van der Waals surface area contributed by atoms with Gasteiger partial charge in [-0.15, -0.1) is 0 Å². The van der Waals surface area contributed by atoms with Crippen LogP contribution >= 0.6 is 15.9 Å². The molecule has 0 aliphatic rings. The number of hydrogen-bond acceptors (Lipinski definition) is 3. The Balaban J connectivity index is 1.99. The standard InChI is InChI=1S/C14H15BrN2O/c1-10-7-12(15)8-13(16)14(10)18-6-4-11-3-2-5-17-9-11/h2-3,5,7-9H,4,6,16H2,1H3. The van der Waals surface area contributed by atoms with Gasteiger partial charge in [0.25, 0.3) is 0 Å². The minimum absolute atomic E-state index is 0.596. The molecule has 2 rings (SSSR count). The quantitative estimate of drug-likeness (QED) is 0.881. The lowest BCUT2D eigenvalue weighted by Gasteiger charge is -2.12. The summed E-state index contributed by atoms with van der Waals surface area (Å²) >= 11 is 3.41. The number of halogens is 1. The summed E-state index contributed by atoms with van der Waals surface area (Å²) in [5.74, 6) is 0.766. The van der Waals surface area contributed by atoms with E-state index in [9.17, 15) is 0 Å². The number of nitrogens with zero attached hydrogens (tertiary/aromatic N) is 1. The van der Waals surface area contributed by atoms with E-state index >= 15 is 0 Å². The van der Waals surface area contributed by atoms with Crippen LogP contribution in [0.2, 0.25) is 0 Å². The first-order valence-corrected chi connectivity index (χ1v) is 6.53. The Kier molecular flexibility index (Phi) is 4.20. The first-order chi connectivity index (χ1) is 8.66. The van der Waals surface area contributed by atoms with Crippen LogP contribution in [0.4, 0.5) is 5.69 Å². The molecule has 1 heterocycles. The molecule has 0 radical (unpaired) electrons. The number of aryl methyl sites for hydroxylation is 1. The fraction of sp³-hybridized carbons (Fsp3) is 0.214. The minimum Gasteiger partial charge on any atom is -0.491 e. The van der Waals surface area contributed by atoms with Crippen LogP contribution in [0.1, 0.15) is 11.1 Å². The van der Waals surface area contributed by atoms with E-state index in [2.05, 4.69) is 20.9 Å². The second kappa shape index (κ2) is 5.87. The summed E-state index contributed by atoms with van der Waals surface area (Å²) in [6.45, 7) is 2.58. The topological polar surface area (TPSA) is 48.1 Å². The van der Waals surface area contributed by atoms with Crippen LogP contribution < -0.4 is 10.5 Å². The largest absolute Gasteiger partial charge is 0.491 e. The third-order valence-corrected chi connectivity index (χ3v) is 3.09. The van der Waals surface area contributed by atoms with Gasteiger partial charge in [0.05, 0.1) is 12.3 Å². The molecule has 0 atom stereocenters. The first kappa shape index (κ1) is 12.9. The number of aromatic nitrogens is 1. The molecule has 94 valence electrons. The third kappa shape index (κ3) is 3.23. The highest BCUT2D eigenvalue weighted by Crippen LogP contribution is 2.30. The summed E-state index contributed by atoms with van der Waals surface area (Å²) in [6.07, 6.45) is 4.44. The van der Waals surface area contributed by atoms with Crippen molar-refractivity contribution in [3.63, 3.8) is 0 Å². The van der Waals surface area contributed by atoms with E-state index < -0.39 is 0 Å². The SMILES string of the molecule is Cc1cc(Br)cc(N)c1OCCc1cccnc1. The molecule has 0 bridgehead atoms. The van der Waals surface area contributed by atoms with Gasteiger partial charge in [-0.05, 0) is 36.2 Å². The zero-order valence-corrected chi connectivity index (χ0v) is 11.8. The molecule has 1 aromatic heterocycles. The Morgan fingerprint density at radius 3 is 2.89 bits per heavy atom. The van der Waals surface area contributed by atoms with Crippen molar-refractivity contribution in [1.82, 2.24) is 4.98 Å². The summed E-state index contributed by atoms with van der Waals surface area (Å²) in [6, 6.07) is 7.81. The lowest BCUT2D eigenvalue weighted by Crippen LogP contribution is -2.05. The van der Waals surface area contributed by atoms with Gasteiger partial charge in [-0.1, -0.05) is 22.0 Å². The van der Waals surface area contributed by atoms with Gasteiger partial charge in [-0.2, -0.15) is 0 Å². The molecule has 1 aromatic carbocycles. The molecular weight excluding hydrogens is 292 g/mol. The van der Waals surface area contributed by atoms with Crippen LogP contribution in [0.3, 0.4) is 0 Å². The number of hydrogen-bond donors (Lipinski definition) is 1. The van der Waals surface area contributed by atoms with E-state index in [4.69, 9.17) is 10.5 Å². The van der Waals surface area contributed by atoms with Gasteiger partial charge in [0.1, 0.15) is 5.75 Å². The maximum Gasteiger partial charge on any atom is 0.145 e. The molecule has 0 saturated carbocycles. The average Bonchev–Trinajstić information content (AvgIpc) is 2.34. The van der Waals surface area contributed by atoms with Gasteiger partial charge < -0.3 is 10.5 Å². The molecule has 0 amide bonds. The first-order valence-electron chi connectivity index (χ1n) is 5.74. The Bertz CT molecular complexity index is 506. The number of benzene rings is 1. The smallest absolute Gasteiger partial charge is 0.145 e. The van der Waals surface area contributed by atoms with Crippen molar-refractivity contribution in [2.45, 2.75) is 13.3 Å². The predicted molar refractivity (Wildman–Crippen MR) is 76.7 cm³/mol. The fourth-order valence-corrected chi connectivity index (χ4v) is 2.36. The van der Waals surface area contributed by atoms with E-state index in [1.165, 1.54) is 0 Å². The monoisotopic (exact) mass is 306 g/mol. The van der Waals surface area contributed by atoms with Gasteiger partial charge in [-0.3, -0.25) is 4.98 Å². The molecule has 0 fully saturated rings. The van der Waals surface area contributed by atoms with Crippen molar-refractivity contribution < 1.29 is 4.74 Å². The number of nitrogen functional groups attached to an aromatic ring is 1. The van der Waals surface area contributed by atoms with E-state index in [-0.39, 0.29) is 0 Å². The molecule has 0 spiro atoms. The highest BCUT2D eigenvalue weighted by molar-refractivity contribution is 9.10. The summed E-state index contributed by atoms with van der Waals surface area (Å²) in [5.41, 5.74) is 8.79. The number of rotatable bonds is 4. The third-order valence-electron chi connectivity index (χ3n) is 2.63. The Labute approximate surface area is 115 Å². The Morgan fingerprint density at radius 2 is 2.22 bits per heavy atom. The Hall–Kier alpha value is -1.55. The number of nitrogens with two attached hydrogens (primary N) is 1. The van der Waals surface area contributed by atoms with Gasteiger partial charge in [0.15, 0.2) is 0 Å². The Morgan fingerprint density at radius 1 is 1.39 bits per heavy atom. The highest BCUT2D eigenvalue weighted by atomic mass is 79.9. The van der Waals surface area contributed by atoms with E-state index in [0.29, 0.717) is 12.3 Å². The number of pyridine rings is 1. The van der Waals surface area contributed by atoms with Crippen LogP contribution in [0.15, 0.2) is 41.1 Å². The molecule has 3 nitrogen and oxygen atoms in total. The molecule has 0 aliphatic heterocycles. The maximum absolute atomic E-state index is 5.93. The van der Waals surface area contributed by atoms with Crippen molar-refractivity contribution >= 4 is 21.6 Å². The van der Waals surface area contributed by atoms with Crippen molar-refractivity contribution in [1.29, 1.82) is 0 Å². The minimum atomic E-state index is 0.596. The predicted octanol–water partition coefficient (Wildman–Crippen LogP) is 3.36. The average molecular weight is 307 g/mol.